The van der Waals surface area contributed by atoms with E-state index in [9.17, 15) is 14.7 Å². The lowest BCUT2D eigenvalue weighted by Gasteiger charge is -2.29. The van der Waals surface area contributed by atoms with Gasteiger partial charge in [-0.2, -0.15) is 0 Å². The number of hydrogen-bond acceptors (Lipinski definition) is 2. The van der Waals surface area contributed by atoms with Crippen LogP contribution >= 0.6 is 0 Å². The lowest BCUT2D eigenvalue weighted by molar-refractivity contribution is -0.148. The zero-order valence-corrected chi connectivity index (χ0v) is 11.9. The summed E-state index contributed by atoms with van der Waals surface area (Å²) in [5.74, 6) is -0.780. The molecule has 2 rings (SSSR count). The van der Waals surface area contributed by atoms with E-state index >= 15 is 0 Å². The highest BCUT2D eigenvalue weighted by Crippen LogP contribution is 2.35. The van der Waals surface area contributed by atoms with E-state index < -0.39 is 11.4 Å². The fraction of sp³-hybridized carbons (Fsp3) is 0.857. The van der Waals surface area contributed by atoms with Crippen LogP contribution in [0.25, 0.3) is 0 Å². The molecule has 1 aliphatic carbocycles. The second kappa shape index (κ2) is 5.02. The smallest absolute Gasteiger partial charge is 0.317 e. The number of rotatable bonds is 3. The number of likely N-dealkylation sites (tertiary alicyclic amines) is 1. The molecule has 1 aliphatic heterocycles. The third kappa shape index (κ3) is 2.69. The summed E-state index contributed by atoms with van der Waals surface area (Å²) in [6.07, 6.45) is 5.48. The van der Waals surface area contributed by atoms with Crippen LogP contribution < -0.4 is 5.32 Å². The van der Waals surface area contributed by atoms with Gasteiger partial charge in [0.2, 0.25) is 0 Å². The van der Waals surface area contributed by atoms with E-state index in [4.69, 9.17) is 0 Å². The Labute approximate surface area is 114 Å². The van der Waals surface area contributed by atoms with Crippen molar-refractivity contribution in [3.63, 3.8) is 0 Å². The Morgan fingerprint density at radius 2 is 1.89 bits per heavy atom. The van der Waals surface area contributed by atoms with E-state index in [0.717, 1.165) is 25.7 Å². The summed E-state index contributed by atoms with van der Waals surface area (Å²) in [5, 5.41) is 12.4. The minimum atomic E-state index is -0.780. The first-order valence-corrected chi connectivity index (χ1v) is 7.21. The predicted octanol–water partition coefficient (Wildman–Crippen LogP) is 2.22. The third-order valence-corrected chi connectivity index (χ3v) is 4.89. The van der Waals surface area contributed by atoms with Crippen LogP contribution in [0.1, 0.15) is 52.4 Å². The van der Waals surface area contributed by atoms with Crippen molar-refractivity contribution in [1.82, 2.24) is 10.2 Å². The number of amides is 2. The molecule has 19 heavy (non-hydrogen) atoms. The molecule has 0 aromatic rings. The van der Waals surface area contributed by atoms with Crippen molar-refractivity contribution in [3.05, 3.63) is 0 Å². The molecule has 2 aliphatic rings. The van der Waals surface area contributed by atoms with Gasteiger partial charge in [-0.05, 0) is 32.6 Å². The Balaban J connectivity index is 1.97. The SMILES string of the molecule is CCC1(C(=O)O)CCN(C(=O)NC2(C)CCCC2)C1. The first kappa shape index (κ1) is 14.2. The molecule has 108 valence electrons. The number of nitrogens with zero attached hydrogens (tertiary/aromatic N) is 1. The normalized spacial score (nSPS) is 29.5. The number of carboxylic acid groups (broad SMARTS) is 1. The molecular weight excluding hydrogens is 244 g/mol. The Morgan fingerprint density at radius 3 is 2.37 bits per heavy atom. The summed E-state index contributed by atoms with van der Waals surface area (Å²) in [6.45, 7) is 4.84. The number of nitrogens with one attached hydrogen (secondary N) is 1. The first-order chi connectivity index (χ1) is 8.91. The second-order valence-electron chi connectivity index (χ2n) is 6.31. The number of carbonyl (C=O) groups excluding carboxylic acids is 1. The number of carboxylic acids is 1. The van der Waals surface area contributed by atoms with Crippen molar-refractivity contribution in [2.24, 2.45) is 5.41 Å². The lowest BCUT2D eigenvalue weighted by Crippen LogP contribution is -2.50. The number of hydrogen-bond donors (Lipinski definition) is 2. The molecule has 1 heterocycles. The maximum atomic E-state index is 12.3. The Kier molecular flexibility index (Phi) is 3.74. The monoisotopic (exact) mass is 268 g/mol. The second-order valence-corrected chi connectivity index (χ2v) is 6.31. The molecule has 1 unspecified atom stereocenters. The average molecular weight is 268 g/mol. The van der Waals surface area contributed by atoms with Crippen molar-refractivity contribution in [2.45, 2.75) is 57.9 Å². The zero-order valence-electron chi connectivity index (χ0n) is 11.9. The molecule has 5 heteroatoms. The third-order valence-electron chi connectivity index (χ3n) is 4.89. The average Bonchev–Trinajstić information content (AvgIpc) is 2.96. The van der Waals surface area contributed by atoms with Crippen molar-refractivity contribution in [2.75, 3.05) is 13.1 Å². The van der Waals surface area contributed by atoms with Crippen LogP contribution in [0.15, 0.2) is 0 Å². The van der Waals surface area contributed by atoms with Crippen LogP contribution in [0.4, 0.5) is 4.79 Å². The largest absolute Gasteiger partial charge is 0.481 e. The van der Waals surface area contributed by atoms with E-state index in [-0.39, 0.29) is 11.6 Å². The van der Waals surface area contributed by atoms with Gasteiger partial charge in [0.25, 0.3) is 0 Å². The van der Waals surface area contributed by atoms with Crippen molar-refractivity contribution >= 4 is 12.0 Å². The zero-order chi connectivity index (χ0) is 14.1. The topological polar surface area (TPSA) is 69.6 Å². The summed E-state index contributed by atoms with van der Waals surface area (Å²) in [7, 11) is 0. The van der Waals surface area contributed by atoms with Crippen LogP contribution in [0.5, 0.6) is 0 Å². The van der Waals surface area contributed by atoms with Crippen LogP contribution in [-0.2, 0) is 4.79 Å². The minimum Gasteiger partial charge on any atom is -0.481 e. The lowest BCUT2D eigenvalue weighted by atomic mass is 9.84. The van der Waals surface area contributed by atoms with Gasteiger partial charge in [-0.15, -0.1) is 0 Å². The molecule has 2 N–H and O–H groups in total. The predicted molar refractivity (Wildman–Crippen MR) is 72.0 cm³/mol. The fourth-order valence-electron chi connectivity index (χ4n) is 3.28. The highest BCUT2D eigenvalue weighted by Gasteiger charge is 2.45. The molecule has 0 aromatic carbocycles. The number of urea groups is 1. The molecule has 2 amide bonds. The van der Waals surface area contributed by atoms with Gasteiger partial charge in [-0.25, -0.2) is 4.79 Å². The van der Waals surface area contributed by atoms with Crippen LogP contribution in [0.3, 0.4) is 0 Å². The van der Waals surface area contributed by atoms with Gasteiger partial charge in [-0.3, -0.25) is 4.79 Å². The Hall–Kier alpha value is -1.26. The van der Waals surface area contributed by atoms with Gasteiger partial charge in [0, 0.05) is 18.6 Å². The molecule has 1 atom stereocenters. The number of aliphatic carboxylic acids is 1. The van der Waals surface area contributed by atoms with Crippen LogP contribution in [0, 0.1) is 5.41 Å². The summed E-state index contributed by atoms with van der Waals surface area (Å²) in [6, 6.07) is -0.0963. The molecule has 1 saturated carbocycles. The summed E-state index contributed by atoms with van der Waals surface area (Å²) in [5.41, 5.74) is -0.842. The van der Waals surface area contributed by atoms with Crippen LogP contribution in [-0.4, -0.2) is 40.6 Å². The van der Waals surface area contributed by atoms with E-state index in [2.05, 4.69) is 12.2 Å². The van der Waals surface area contributed by atoms with Gasteiger partial charge in [0.15, 0.2) is 0 Å². The van der Waals surface area contributed by atoms with Crippen LogP contribution in [0.2, 0.25) is 0 Å². The van der Waals surface area contributed by atoms with Crippen molar-refractivity contribution in [1.29, 1.82) is 0 Å². The summed E-state index contributed by atoms with van der Waals surface area (Å²) < 4.78 is 0. The molecule has 0 radical (unpaired) electrons. The fourth-order valence-corrected chi connectivity index (χ4v) is 3.28. The van der Waals surface area contributed by atoms with Gasteiger partial charge in [-0.1, -0.05) is 19.8 Å². The summed E-state index contributed by atoms with van der Waals surface area (Å²) >= 11 is 0. The molecule has 1 saturated heterocycles. The molecule has 2 fully saturated rings. The Bertz CT molecular complexity index is 377. The molecule has 5 nitrogen and oxygen atoms in total. The van der Waals surface area contributed by atoms with Crippen molar-refractivity contribution < 1.29 is 14.7 Å². The first-order valence-electron chi connectivity index (χ1n) is 7.21. The van der Waals surface area contributed by atoms with E-state index in [0.29, 0.717) is 25.9 Å². The highest BCUT2D eigenvalue weighted by molar-refractivity contribution is 5.80. The molecule has 0 bridgehead atoms. The maximum absolute atomic E-state index is 12.3. The maximum Gasteiger partial charge on any atom is 0.317 e. The Morgan fingerprint density at radius 1 is 1.26 bits per heavy atom. The quantitative estimate of drug-likeness (QED) is 0.824. The minimum absolute atomic E-state index is 0.0963. The van der Waals surface area contributed by atoms with Gasteiger partial charge in [0.1, 0.15) is 0 Å². The van der Waals surface area contributed by atoms with E-state index in [1.807, 2.05) is 6.92 Å². The van der Waals surface area contributed by atoms with E-state index in [1.165, 1.54) is 0 Å². The summed E-state index contributed by atoms with van der Waals surface area (Å²) in [4.78, 5) is 25.3. The molecule has 0 aromatic heterocycles. The highest BCUT2D eigenvalue weighted by atomic mass is 16.4. The molecule has 0 spiro atoms. The van der Waals surface area contributed by atoms with Gasteiger partial charge in [0.05, 0.1) is 5.41 Å². The molecular formula is C14H24N2O3. The van der Waals surface area contributed by atoms with Crippen molar-refractivity contribution in [3.8, 4) is 0 Å². The van der Waals surface area contributed by atoms with Gasteiger partial charge >= 0.3 is 12.0 Å². The van der Waals surface area contributed by atoms with Gasteiger partial charge < -0.3 is 15.3 Å². The standard InChI is InChI=1S/C14H24N2O3/c1-3-14(11(17)18)8-9-16(10-14)12(19)15-13(2)6-4-5-7-13/h3-10H2,1-2H3,(H,15,19)(H,17,18). The number of carbonyl (C=O) groups is 2. The van der Waals surface area contributed by atoms with E-state index in [1.54, 1.807) is 4.90 Å².